The van der Waals surface area contributed by atoms with Crippen molar-refractivity contribution in [2.24, 2.45) is 5.92 Å². The zero-order valence-electron chi connectivity index (χ0n) is 15.1. The molecule has 0 bridgehead atoms. The molecule has 25 heavy (non-hydrogen) atoms. The Bertz CT molecular complexity index is 793. The number of nitrogens with one attached hydrogen (secondary N) is 1. The summed E-state index contributed by atoms with van der Waals surface area (Å²) in [7, 11) is -1.12. The van der Waals surface area contributed by atoms with Crippen molar-refractivity contribution in [3.05, 3.63) is 26.7 Å². The number of H-pyrrole nitrogens is 1. The highest BCUT2D eigenvalue weighted by molar-refractivity contribution is 9.10. The van der Waals surface area contributed by atoms with E-state index >= 15 is 0 Å². The molecule has 2 aromatic rings. The molecule has 6 nitrogen and oxygen atoms in total. The second-order valence-electron chi connectivity index (χ2n) is 7.96. The van der Waals surface area contributed by atoms with Gasteiger partial charge in [-0.1, -0.05) is 19.6 Å². The molecule has 0 radical (unpaired) electrons. The molecule has 138 valence electrons. The Kier molecular flexibility index (Phi) is 5.82. The van der Waals surface area contributed by atoms with Crippen LogP contribution in [0.2, 0.25) is 25.7 Å². The van der Waals surface area contributed by atoms with Crippen molar-refractivity contribution in [2.75, 3.05) is 13.2 Å². The third-order valence-corrected chi connectivity index (χ3v) is 7.04. The Hall–Kier alpha value is -0.963. The van der Waals surface area contributed by atoms with Crippen LogP contribution in [0.3, 0.4) is 0 Å². The number of hydrogen-bond acceptors (Lipinski definition) is 4. The summed E-state index contributed by atoms with van der Waals surface area (Å²) in [5.74, 6) is 0.692. The maximum atomic E-state index is 12.3. The summed E-state index contributed by atoms with van der Waals surface area (Å²) in [6.07, 6.45) is 4.17. The van der Waals surface area contributed by atoms with Gasteiger partial charge in [-0.3, -0.25) is 4.79 Å². The van der Waals surface area contributed by atoms with Crippen molar-refractivity contribution < 1.29 is 9.47 Å². The van der Waals surface area contributed by atoms with Crippen molar-refractivity contribution in [2.45, 2.75) is 51.9 Å². The Morgan fingerprint density at radius 2 is 2.12 bits per heavy atom. The molecule has 2 aromatic heterocycles. The highest BCUT2D eigenvalue weighted by atomic mass is 79.9. The topological polar surface area (TPSA) is 69.1 Å². The van der Waals surface area contributed by atoms with Gasteiger partial charge in [0, 0.05) is 26.9 Å². The van der Waals surface area contributed by atoms with Crippen LogP contribution in [0.4, 0.5) is 0 Å². The zero-order chi connectivity index (χ0) is 18.0. The number of aromatic nitrogens is 3. The molecule has 1 N–H and O–H groups in total. The minimum atomic E-state index is -1.12. The Balaban J connectivity index is 1.78. The third kappa shape index (κ3) is 4.81. The van der Waals surface area contributed by atoms with Gasteiger partial charge < -0.3 is 14.0 Å². The molecular formula is C17H26BrN3O3Si. The quantitative estimate of drug-likeness (QED) is 0.488. The van der Waals surface area contributed by atoms with Crippen molar-refractivity contribution in [1.82, 2.24) is 14.8 Å². The van der Waals surface area contributed by atoms with Crippen LogP contribution in [0.1, 0.15) is 18.4 Å². The fourth-order valence-corrected chi connectivity index (χ4v) is 4.02. The monoisotopic (exact) mass is 427 g/mol. The molecule has 0 unspecified atom stereocenters. The van der Waals surface area contributed by atoms with Crippen LogP contribution in [0, 0.1) is 5.92 Å². The number of nitrogens with zero attached hydrogens (tertiary/aromatic N) is 2. The van der Waals surface area contributed by atoms with Crippen molar-refractivity contribution in [1.29, 1.82) is 0 Å². The van der Waals surface area contributed by atoms with E-state index in [1.54, 1.807) is 6.20 Å². The SMILES string of the molecule is C[Si](C)(C)CCOCn1c(Br)c(COCC2CC2)c2c(=O)[nH]ncc21. The maximum absolute atomic E-state index is 12.3. The van der Waals surface area contributed by atoms with Gasteiger partial charge >= 0.3 is 0 Å². The summed E-state index contributed by atoms with van der Waals surface area (Å²) in [6, 6.07) is 1.11. The van der Waals surface area contributed by atoms with E-state index in [0.29, 0.717) is 24.6 Å². The minimum Gasteiger partial charge on any atom is -0.376 e. The number of fused-ring (bicyclic) bond motifs is 1. The van der Waals surface area contributed by atoms with E-state index in [2.05, 4.69) is 45.8 Å². The fraction of sp³-hybridized carbons (Fsp3) is 0.647. The number of rotatable bonds is 9. The van der Waals surface area contributed by atoms with Crippen molar-refractivity contribution in [3.63, 3.8) is 0 Å². The third-order valence-electron chi connectivity index (χ3n) is 4.43. The number of aromatic amines is 1. The molecule has 3 rings (SSSR count). The van der Waals surface area contributed by atoms with Crippen molar-refractivity contribution >= 4 is 34.9 Å². The molecule has 1 aliphatic rings. The van der Waals surface area contributed by atoms with Gasteiger partial charge in [-0.05, 0) is 40.7 Å². The molecule has 0 spiro atoms. The van der Waals surface area contributed by atoms with Gasteiger partial charge in [-0.15, -0.1) is 0 Å². The molecule has 0 aromatic carbocycles. The zero-order valence-corrected chi connectivity index (χ0v) is 17.7. The van der Waals surface area contributed by atoms with Crippen LogP contribution in [-0.4, -0.2) is 36.1 Å². The lowest BCUT2D eigenvalue weighted by Gasteiger charge is -2.16. The Morgan fingerprint density at radius 3 is 2.80 bits per heavy atom. The second-order valence-corrected chi connectivity index (χ2v) is 14.3. The van der Waals surface area contributed by atoms with Gasteiger partial charge in [0.05, 0.1) is 28.3 Å². The average molecular weight is 428 g/mol. The highest BCUT2D eigenvalue weighted by Gasteiger charge is 2.23. The van der Waals surface area contributed by atoms with E-state index in [1.807, 2.05) is 4.57 Å². The first-order valence-electron chi connectivity index (χ1n) is 8.76. The lowest BCUT2D eigenvalue weighted by molar-refractivity contribution is 0.0873. The summed E-state index contributed by atoms with van der Waals surface area (Å²) < 4.78 is 14.5. The molecular weight excluding hydrogens is 402 g/mol. The van der Waals surface area contributed by atoms with Gasteiger partial charge in [0.15, 0.2) is 0 Å². The van der Waals surface area contributed by atoms with Gasteiger partial charge in [0.2, 0.25) is 0 Å². The normalized spacial score (nSPS) is 15.2. The molecule has 2 heterocycles. The highest BCUT2D eigenvalue weighted by Crippen LogP contribution is 2.31. The van der Waals surface area contributed by atoms with E-state index in [-0.39, 0.29) is 5.56 Å². The molecule has 1 saturated carbocycles. The van der Waals surface area contributed by atoms with Gasteiger partial charge in [0.25, 0.3) is 5.56 Å². The van der Waals surface area contributed by atoms with E-state index in [4.69, 9.17) is 9.47 Å². The summed E-state index contributed by atoms with van der Waals surface area (Å²) in [4.78, 5) is 12.3. The first kappa shape index (κ1) is 18.8. The second kappa shape index (κ2) is 7.73. The van der Waals surface area contributed by atoms with E-state index in [9.17, 15) is 4.79 Å². The first-order valence-corrected chi connectivity index (χ1v) is 13.3. The lowest BCUT2D eigenvalue weighted by atomic mass is 10.2. The van der Waals surface area contributed by atoms with E-state index < -0.39 is 8.07 Å². The van der Waals surface area contributed by atoms with Crippen LogP contribution in [0.5, 0.6) is 0 Å². The van der Waals surface area contributed by atoms with Crippen molar-refractivity contribution in [3.8, 4) is 0 Å². The van der Waals surface area contributed by atoms with E-state index in [1.165, 1.54) is 12.8 Å². The van der Waals surface area contributed by atoms with Gasteiger partial charge in [0.1, 0.15) is 6.73 Å². The number of halogens is 1. The molecule has 0 atom stereocenters. The summed E-state index contributed by atoms with van der Waals surface area (Å²) >= 11 is 3.63. The smallest absolute Gasteiger partial charge is 0.274 e. The van der Waals surface area contributed by atoms with Gasteiger partial charge in [-0.25, -0.2) is 5.10 Å². The standard InChI is InChI=1S/C17H26BrN3O3Si/c1-25(2,3)7-6-23-11-21-14-8-19-20-17(22)15(14)13(16(21)18)10-24-9-12-4-5-12/h8,12H,4-7,9-11H2,1-3H3,(H,20,22). The molecule has 0 saturated heterocycles. The lowest BCUT2D eigenvalue weighted by Crippen LogP contribution is -2.22. The fourth-order valence-electron chi connectivity index (χ4n) is 2.66. The maximum Gasteiger partial charge on any atom is 0.274 e. The summed E-state index contributed by atoms with van der Waals surface area (Å²) in [5.41, 5.74) is 1.45. The van der Waals surface area contributed by atoms with Crippen LogP contribution >= 0.6 is 15.9 Å². The minimum absolute atomic E-state index is 0.191. The molecule has 0 amide bonds. The predicted molar refractivity (Wildman–Crippen MR) is 105 cm³/mol. The summed E-state index contributed by atoms with van der Waals surface area (Å²) in [6.45, 7) is 9.29. The predicted octanol–water partition coefficient (Wildman–Crippen LogP) is 3.73. The van der Waals surface area contributed by atoms with E-state index in [0.717, 1.165) is 34.9 Å². The molecule has 8 heteroatoms. The van der Waals surface area contributed by atoms with Crippen LogP contribution < -0.4 is 5.56 Å². The first-order chi connectivity index (χ1) is 11.9. The molecule has 1 aliphatic carbocycles. The number of ether oxygens (including phenoxy) is 2. The van der Waals surface area contributed by atoms with Crippen LogP contribution in [0.25, 0.3) is 10.9 Å². The van der Waals surface area contributed by atoms with Crippen LogP contribution in [-0.2, 0) is 22.8 Å². The Morgan fingerprint density at radius 1 is 1.36 bits per heavy atom. The largest absolute Gasteiger partial charge is 0.376 e. The van der Waals surface area contributed by atoms with Crippen LogP contribution in [0.15, 0.2) is 15.6 Å². The Labute approximate surface area is 157 Å². The summed E-state index contributed by atoms with van der Waals surface area (Å²) in [5, 5.41) is 7.10. The molecule has 0 aliphatic heterocycles. The van der Waals surface area contributed by atoms with Gasteiger partial charge in [-0.2, -0.15) is 5.10 Å². The average Bonchev–Trinajstić information content (AvgIpc) is 3.31. The molecule has 1 fully saturated rings. The number of hydrogen-bond donors (Lipinski definition) is 1.